The normalized spacial score (nSPS) is 14.0. The molecule has 0 radical (unpaired) electrons. The van der Waals surface area contributed by atoms with Crippen LogP contribution in [0.2, 0.25) is 0 Å². The Hall–Kier alpha value is -3.02. The summed E-state index contributed by atoms with van der Waals surface area (Å²) in [6.07, 6.45) is 0.878. The number of nitrogens with zero attached hydrogens (tertiary/aromatic N) is 2. The maximum absolute atomic E-state index is 12.5. The number of aldehydes is 1. The second-order valence-corrected chi connectivity index (χ2v) is 6.96. The molecule has 1 aliphatic heterocycles. The van der Waals surface area contributed by atoms with Gasteiger partial charge in [0.25, 0.3) is 5.91 Å². The molecule has 0 bridgehead atoms. The quantitative estimate of drug-likeness (QED) is 0.719. The Kier molecular flexibility index (Phi) is 6.19. The van der Waals surface area contributed by atoms with Crippen molar-refractivity contribution in [3.05, 3.63) is 53.1 Å². The number of hydrogen-bond donors (Lipinski definition) is 0. The van der Waals surface area contributed by atoms with E-state index >= 15 is 0 Å². The first-order valence-electron chi connectivity index (χ1n) is 9.38. The Labute approximate surface area is 165 Å². The number of carbonyl (C=O) groups excluding carboxylic acids is 2. The molecule has 0 atom stereocenters. The molecule has 148 valence electrons. The van der Waals surface area contributed by atoms with Gasteiger partial charge in [-0.15, -0.1) is 0 Å². The van der Waals surface area contributed by atoms with Crippen molar-refractivity contribution in [3.63, 3.8) is 0 Å². The van der Waals surface area contributed by atoms with Gasteiger partial charge in [-0.05, 0) is 49.2 Å². The van der Waals surface area contributed by atoms with E-state index in [1.807, 2.05) is 49.1 Å². The van der Waals surface area contributed by atoms with Crippen molar-refractivity contribution in [1.29, 1.82) is 0 Å². The minimum atomic E-state index is -0.0211. The van der Waals surface area contributed by atoms with Crippen molar-refractivity contribution in [2.24, 2.45) is 0 Å². The molecule has 1 fully saturated rings. The summed E-state index contributed by atoms with van der Waals surface area (Å²) in [6, 6.07) is 11.1. The molecule has 1 saturated heterocycles. The number of benzene rings is 2. The summed E-state index contributed by atoms with van der Waals surface area (Å²) in [5.41, 5.74) is 4.03. The second kappa shape index (κ2) is 8.78. The largest absolute Gasteiger partial charge is 0.497 e. The van der Waals surface area contributed by atoms with Gasteiger partial charge >= 0.3 is 0 Å². The van der Waals surface area contributed by atoms with Crippen LogP contribution in [0.3, 0.4) is 0 Å². The summed E-state index contributed by atoms with van der Waals surface area (Å²) in [5, 5.41) is 0. The predicted octanol–water partition coefficient (Wildman–Crippen LogP) is 2.85. The smallest absolute Gasteiger partial charge is 0.260 e. The lowest BCUT2D eigenvalue weighted by molar-refractivity contribution is -0.133. The van der Waals surface area contributed by atoms with Crippen LogP contribution in [0, 0.1) is 13.8 Å². The van der Waals surface area contributed by atoms with Crippen LogP contribution < -0.4 is 14.4 Å². The molecular weight excluding hydrogens is 356 g/mol. The third-order valence-corrected chi connectivity index (χ3v) is 5.00. The van der Waals surface area contributed by atoms with Gasteiger partial charge < -0.3 is 19.3 Å². The van der Waals surface area contributed by atoms with Crippen LogP contribution in [-0.2, 0) is 4.79 Å². The molecule has 0 unspecified atom stereocenters. The van der Waals surface area contributed by atoms with E-state index in [0.29, 0.717) is 30.2 Å². The van der Waals surface area contributed by atoms with E-state index < -0.39 is 0 Å². The Balaban J connectivity index is 1.56. The highest BCUT2D eigenvalue weighted by molar-refractivity contribution is 5.79. The summed E-state index contributed by atoms with van der Waals surface area (Å²) in [5.74, 6) is 1.30. The van der Waals surface area contributed by atoms with Gasteiger partial charge in [-0.3, -0.25) is 9.59 Å². The summed E-state index contributed by atoms with van der Waals surface area (Å²) < 4.78 is 10.8. The summed E-state index contributed by atoms with van der Waals surface area (Å²) in [4.78, 5) is 27.7. The van der Waals surface area contributed by atoms with Crippen LogP contribution in [0.15, 0.2) is 36.4 Å². The molecule has 0 aromatic heterocycles. The maximum atomic E-state index is 12.5. The fraction of sp³-hybridized carbons (Fsp3) is 0.364. The molecule has 1 amide bonds. The zero-order chi connectivity index (χ0) is 20.1. The SMILES string of the molecule is COc1cccc(OCC(=O)N2CCN(c3c(C)cc(C=O)cc3C)CC2)c1. The summed E-state index contributed by atoms with van der Waals surface area (Å²) in [7, 11) is 1.60. The second-order valence-electron chi connectivity index (χ2n) is 6.96. The first-order valence-corrected chi connectivity index (χ1v) is 9.38. The molecule has 28 heavy (non-hydrogen) atoms. The Morgan fingerprint density at radius 3 is 2.29 bits per heavy atom. The summed E-state index contributed by atoms with van der Waals surface area (Å²) in [6.45, 7) is 6.87. The topological polar surface area (TPSA) is 59.1 Å². The summed E-state index contributed by atoms with van der Waals surface area (Å²) >= 11 is 0. The third kappa shape index (κ3) is 4.44. The Morgan fingerprint density at radius 1 is 1.04 bits per heavy atom. The number of ether oxygens (including phenoxy) is 2. The minimum Gasteiger partial charge on any atom is -0.497 e. The van der Waals surface area contributed by atoms with Crippen LogP contribution in [0.1, 0.15) is 21.5 Å². The van der Waals surface area contributed by atoms with Crippen molar-refractivity contribution in [2.75, 3.05) is 44.8 Å². The fourth-order valence-electron chi connectivity index (χ4n) is 3.66. The Bertz CT molecular complexity index is 834. The molecule has 0 N–H and O–H groups in total. The van der Waals surface area contributed by atoms with Gasteiger partial charge in [0.15, 0.2) is 6.61 Å². The fourth-order valence-corrected chi connectivity index (χ4v) is 3.66. The number of anilines is 1. The molecule has 0 aliphatic carbocycles. The number of methoxy groups -OCH3 is 1. The van der Waals surface area contributed by atoms with Gasteiger partial charge in [-0.1, -0.05) is 6.07 Å². The van der Waals surface area contributed by atoms with Crippen LogP contribution in [0.5, 0.6) is 11.5 Å². The van der Waals surface area contributed by atoms with Crippen LogP contribution in [0.25, 0.3) is 0 Å². The first-order chi connectivity index (χ1) is 13.5. The molecule has 1 aliphatic rings. The predicted molar refractivity (Wildman–Crippen MR) is 109 cm³/mol. The number of aryl methyl sites for hydroxylation is 2. The number of carbonyl (C=O) groups is 2. The first kappa shape index (κ1) is 19.7. The van der Waals surface area contributed by atoms with E-state index in [1.54, 1.807) is 13.2 Å². The van der Waals surface area contributed by atoms with E-state index in [4.69, 9.17) is 9.47 Å². The number of amides is 1. The average molecular weight is 382 g/mol. The molecule has 3 rings (SSSR count). The van der Waals surface area contributed by atoms with E-state index in [0.717, 1.165) is 36.2 Å². The standard InChI is InChI=1S/C22H26N2O4/c1-16-11-18(14-25)12-17(2)22(16)24-9-7-23(8-10-24)21(26)15-28-20-6-4-5-19(13-20)27-3/h4-6,11-14H,7-10,15H2,1-3H3. The zero-order valence-electron chi connectivity index (χ0n) is 16.6. The zero-order valence-corrected chi connectivity index (χ0v) is 16.6. The highest BCUT2D eigenvalue weighted by atomic mass is 16.5. The number of piperazine rings is 1. The van der Waals surface area contributed by atoms with Crippen LogP contribution in [0.4, 0.5) is 5.69 Å². The highest BCUT2D eigenvalue weighted by Gasteiger charge is 2.23. The van der Waals surface area contributed by atoms with Gasteiger partial charge in [0.1, 0.15) is 17.8 Å². The van der Waals surface area contributed by atoms with Gasteiger partial charge in [0.2, 0.25) is 0 Å². The van der Waals surface area contributed by atoms with Crippen molar-refractivity contribution in [3.8, 4) is 11.5 Å². The van der Waals surface area contributed by atoms with E-state index in [-0.39, 0.29) is 12.5 Å². The van der Waals surface area contributed by atoms with Gasteiger partial charge in [0.05, 0.1) is 7.11 Å². The number of rotatable bonds is 6. The van der Waals surface area contributed by atoms with Crippen molar-refractivity contribution < 1.29 is 19.1 Å². The molecular formula is C22H26N2O4. The van der Waals surface area contributed by atoms with Gasteiger partial charge in [-0.2, -0.15) is 0 Å². The van der Waals surface area contributed by atoms with Gasteiger partial charge in [-0.25, -0.2) is 0 Å². The monoisotopic (exact) mass is 382 g/mol. The molecule has 6 heteroatoms. The van der Waals surface area contributed by atoms with E-state index in [9.17, 15) is 9.59 Å². The molecule has 2 aromatic carbocycles. The van der Waals surface area contributed by atoms with Crippen LogP contribution in [-0.4, -0.2) is 57.0 Å². The molecule has 0 saturated carbocycles. The lowest BCUT2D eigenvalue weighted by atomic mass is 10.0. The number of hydrogen-bond acceptors (Lipinski definition) is 5. The van der Waals surface area contributed by atoms with Crippen molar-refractivity contribution in [1.82, 2.24) is 4.90 Å². The lowest BCUT2D eigenvalue weighted by Crippen LogP contribution is -2.50. The van der Waals surface area contributed by atoms with Crippen LogP contribution >= 0.6 is 0 Å². The lowest BCUT2D eigenvalue weighted by Gasteiger charge is -2.37. The molecule has 0 spiro atoms. The maximum Gasteiger partial charge on any atom is 0.260 e. The van der Waals surface area contributed by atoms with Gasteiger partial charge in [0, 0.05) is 43.5 Å². The third-order valence-electron chi connectivity index (χ3n) is 5.00. The molecule has 2 aromatic rings. The van der Waals surface area contributed by atoms with E-state index in [1.165, 1.54) is 0 Å². The van der Waals surface area contributed by atoms with Crippen molar-refractivity contribution >= 4 is 17.9 Å². The average Bonchev–Trinajstić information content (AvgIpc) is 2.72. The minimum absolute atomic E-state index is 0.0131. The van der Waals surface area contributed by atoms with Crippen molar-refractivity contribution in [2.45, 2.75) is 13.8 Å². The molecule has 6 nitrogen and oxygen atoms in total. The Morgan fingerprint density at radius 2 is 1.68 bits per heavy atom. The van der Waals surface area contributed by atoms with E-state index in [2.05, 4.69) is 4.90 Å². The highest BCUT2D eigenvalue weighted by Crippen LogP contribution is 2.27. The molecule has 1 heterocycles.